The van der Waals surface area contributed by atoms with E-state index in [2.05, 4.69) is 12.2 Å². The van der Waals surface area contributed by atoms with Gasteiger partial charge in [0, 0.05) is 12.6 Å². The average molecular weight is 241 g/mol. The molecule has 17 heavy (non-hydrogen) atoms. The van der Waals surface area contributed by atoms with Crippen LogP contribution in [0.25, 0.3) is 0 Å². The van der Waals surface area contributed by atoms with Crippen molar-refractivity contribution in [2.45, 2.75) is 70.1 Å². The maximum atomic E-state index is 9.83. The summed E-state index contributed by atoms with van der Waals surface area (Å²) in [4.78, 5) is 0. The van der Waals surface area contributed by atoms with E-state index in [1.807, 2.05) is 0 Å². The lowest BCUT2D eigenvalue weighted by molar-refractivity contribution is -0.0317. The summed E-state index contributed by atoms with van der Waals surface area (Å²) in [6.07, 6.45) is 8.89. The Morgan fingerprint density at radius 2 is 2.00 bits per heavy atom. The van der Waals surface area contributed by atoms with Gasteiger partial charge in [-0.3, -0.25) is 0 Å². The Balaban J connectivity index is 1.53. The lowest BCUT2D eigenvalue weighted by atomic mass is 9.89. The molecule has 0 radical (unpaired) electrons. The zero-order chi connectivity index (χ0) is 12.1. The largest absolute Gasteiger partial charge is 0.389 e. The van der Waals surface area contributed by atoms with Crippen LogP contribution in [-0.2, 0) is 4.74 Å². The Labute approximate surface area is 105 Å². The summed E-state index contributed by atoms with van der Waals surface area (Å²) in [6.45, 7) is 3.48. The fraction of sp³-hybridized carbons (Fsp3) is 1.00. The molecule has 0 bridgehead atoms. The third-order valence-corrected chi connectivity index (χ3v) is 4.16. The molecule has 3 unspecified atom stereocenters. The van der Waals surface area contributed by atoms with Crippen LogP contribution in [0, 0.1) is 5.92 Å². The first-order valence-corrected chi connectivity index (χ1v) is 7.27. The summed E-state index contributed by atoms with van der Waals surface area (Å²) < 4.78 is 5.81. The molecule has 0 saturated heterocycles. The molecule has 3 nitrogen and oxygen atoms in total. The maximum absolute atomic E-state index is 9.83. The zero-order valence-electron chi connectivity index (χ0n) is 11.0. The molecule has 0 aliphatic heterocycles. The molecule has 0 aromatic carbocycles. The Bertz CT molecular complexity index is 218. The number of nitrogens with one attached hydrogen (secondary N) is 1. The number of hydrogen-bond donors (Lipinski definition) is 2. The van der Waals surface area contributed by atoms with E-state index in [1.54, 1.807) is 0 Å². The van der Waals surface area contributed by atoms with Gasteiger partial charge in [-0.1, -0.05) is 26.2 Å². The molecule has 2 saturated carbocycles. The fourth-order valence-corrected chi connectivity index (χ4v) is 2.75. The molecule has 2 aliphatic rings. The van der Waals surface area contributed by atoms with Crippen molar-refractivity contribution in [2.24, 2.45) is 5.92 Å². The van der Waals surface area contributed by atoms with Crippen LogP contribution in [-0.4, -0.2) is 36.5 Å². The van der Waals surface area contributed by atoms with Crippen LogP contribution in [0.1, 0.15) is 51.9 Å². The SMILES string of the molecule is CC1CCCC(OCC(O)CNC2CCC2)C1. The molecular weight excluding hydrogens is 214 g/mol. The number of rotatable bonds is 6. The Kier molecular flexibility index (Phi) is 5.26. The maximum Gasteiger partial charge on any atom is 0.0897 e. The minimum atomic E-state index is -0.340. The predicted molar refractivity (Wildman–Crippen MR) is 69.0 cm³/mol. The van der Waals surface area contributed by atoms with Crippen LogP contribution in [0.5, 0.6) is 0 Å². The van der Waals surface area contributed by atoms with Crippen molar-refractivity contribution in [2.75, 3.05) is 13.2 Å². The van der Waals surface area contributed by atoms with Crippen molar-refractivity contribution in [3.63, 3.8) is 0 Å². The predicted octanol–water partition coefficient (Wildman–Crippen LogP) is 2.08. The molecule has 0 spiro atoms. The van der Waals surface area contributed by atoms with Crippen LogP contribution in [0.2, 0.25) is 0 Å². The normalized spacial score (nSPS) is 32.1. The second kappa shape index (κ2) is 6.72. The Morgan fingerprint density at radius 3 is 2.65 bits per heavy atom. The topological polar surface area (TPSA) is 41.5 Å². The van der Waals surface area contributed by atoms with Crippen LogP contribution >= 0.6 is 0 Å². The van der Waals surface area contributed by atoms with Crippen molar-refractivity contribution in [3.8, 4) is 0 Å². The molecule has 0 amide bonds. The van der Waals surface area contributed by atoms with Gasteiger partial charge in [-0.2, -0.15) is 0 Å². The van der Waals surface area contributed by atoms with Gasteiger partial charge >= 0.3 is 0 Å². The van der Waals surface area contributed by atoms with Crippen molar-refractivity contribution in [1.29, 1.82) is 0 Å². The number of aliphatic hydroxyl groups is 1. The fourth-order valence-electron chi connectivity index (χ4n) is 2.75. The molecular formula is C14H27NO2. The lowest BCUT2D eigenvalue weighted by Crippen LogP contribution is -2.41. The van der Waals surface area contributed by atoms with Gasteiger partial charge in [-0.15, -0.1) is 0 Å². The summed E-state index contributed by atoms with van der Waals surface area (Å²) in [5.41, 5.74) is 0. The second-order valence-electron chi connectivity index (χ2n) is 5.92. The number of aliphatic hydroxyl groups excluding tert-OH is 1. The van der Waals surface area contributed by atoms with Gasteiger partial charge in [0.05, 0.1) is 18.8 Å². The summed E-state index contributed by atoms with van der Waals surface area (Å²) in [6, 6.07) is 0.652. The van der Waals surface area contributed by atoms with Gasteiger partial charge in [0.2, 0.25) is 0 Å². The molecule has 2 N–H and O–H groups in total. The minimum absolute atomic E-state index is 0.340. The highest BCUT2D eigenvalue weighted by Crippen LogP contribution is 2.25. The standard InChI is InChI=1S/C14H27NO2/c1-11-4-2-7-14(8-11)17-10-13(16)9-15-12-5-3-6-12/h11-16H,2-10H2,1H3. The molecule has 3 atom stereocenters. The van der Waals surface area contributed by atoms with Crippen LogP contribution in [0.15, 0.2) is 0 Å². The molecule has 2 fully saturated rings. The van der Waals surface area contributed by atoms with E-state index >= 15 is 0 Å². The smallest absolute Gasteiger partial charge is 0.0897 e. The summed E-state index contributed by atoms with van der Waals surface area (Å²) in [5, 5.41) is 13.2. The molecule has 100 valence electrons. The van der Waals surface area contributed by atoms with E-state index in [1.165, 1.54) is 44.9 Å². The number of ether oxygens (including phenoxy) is 1. The first kappa shape index (κ1) is 13.3. The summed E-state index contributed by atoms with van der Waals surface area (Å²) in [5.74, 6) is 0.791. The van der Waals surface area contributed by atoms with Gasteiger partial charge in [-0.25, -0.2) is 0 Å². The van der Waals surface area contributed by atoms with E-state index < -0.39 is 0 Å². The third-order valence-electron chi connectivity index (χ3n) is 4.16. The van der Waals surface area contributed by atoms with Gasteiger partial charge in [0.25, 0.3) is 0 Å². The monoisotopic (exact) mass is 241 g/mol. The van der Waals surface area contributed by atoms with Crippen molar-refractivity contribution in [1.82, 2.24) is 5.32 Å². The molecule has 0 heterocycles. The first-order valence-electron chi connectivity index (χ1n) is 7.27. The van der Waals surface area contributed by atoms with E-state index in [-0.39, 0.29) is 6.10 Å². The van der Waals surface area contributed by atoms with Gasteiger partial charge in [0.1, 0.15) is 0 Å². The molecule has 0 aromatic rings. The van der Waals surface area contributed by atoms with E-state index in [4.69, 9.17) is 4.74 Å². The average Bonchev–Trinajstić information content (AvgIpc) is 2.24. The van der Waals surface area contributed by atoms with Crippen molar-refractivity contribution < 1.29 is 9.84 Å². The Morgan fingerprint density at radius 1 is 1.24 bits per heavy atom. The number of hydrogen-bond acceptors (Lipinski definition) is 3. The summed E-state index contributed by atoms with van der Waals surface area (Å²) >= 11 is 0. The molecule has 2 aliphatic carbocycles. The van der Waals surface area contributed by atoms with Crippen LogP contribution in [0.4, 0.5) is 0 Å². The van der Waals surface area contributed by atoms with Crippen LogP contribution in [0.3, 0.4) is 0 Å². The Hall–Kier alpha value is -0.120. The van der Waals surface area contributed by atoms with E-state index in [0.29, 0.717) is 25.3 Å². The highest BCUT2D eigenvalue weighted by atomic mass is 16.5. The molecule has 2 rings (SSSR count). The molecule has 0 aromatic heterocycles. The van der Waals surface area contributed by atoms with E-state index in [0.717, 1.165) is 5.92 Å². The highest BCUT2D eigenvalue weighted by molar-refractivity contribution is 4.77. The third kappa shape index (κ3) is 4.57. The molecule has 3 heteroatoms. The van der Waals surface area contributed by atoms with Crippen molar-refractivity contribution >= 4 is 0 Å². The first-order chi connectivity index (χ1) is 8.24. The zero-order valence-corrected chi connectivity index (χ0v) is 11.0. The highest BCUT2D eigenvalue weighted by Gasteiger charge is 2.21. The minimum Gasteiger partial charge on any atom is -0.389 e. The second-order valence-corrected chi connectivity index (χ2v) is 5.92. The van der Waals surface area contributed by atoms with E-state index in [9.17, 15) is 5.11 Å². The van der Waals surface area contributed by atoms with Gasteiger partial charge in [0.15, 0.2) is 0 Å². The van der Waals surface area contributed by atoms with Gasteiger partial charge in [-0.05, 0) is 31.6 Å². The van der Waals surface area contributed by atoms with Crippen LogP contribution < -0.4 is 5.32 Å². The quantitative estimate of drug-likeness (QED) is 0.748. The summed E-state index contributed by atoms with van der Waals surface area (Å²) in [7, 11) is 0. The van der Waals surface area contributed by atoms with Crippen molar-refractivity contribution in [3.05, 3.63) is 0 Å². The lowest BCUT2D eigenvalue weighted by Gasteiger charge is -2.29. The van der Waals surface area contributed by atoms with Gasteiger partial charge < -0.3 is 15.2 Å².